The van der Waals surface area contributed by atoms with Gasteiger partial charge in [-0.2, -0.15) is 0 Å². The predicted molar refractivity (Wildman–Crippen MR) is 273 cm³/mol. The first-order valence-corrected chi connectivity index (χ1v) is 23.5. The lowest BCUT2D eigenvalue weighted by Gasteiger charge is -2.40. The molecule has 1 aliphatic carbocycles. The molecule has 318 valence electrons. The highest BCUT2D eigenvalue weighted by Crippen LogP contribution is 2.63. The monoisotopic (exact) mass is 886 g/mol. The van der Waals surface area contributed by atoms with Crippen LogP contribution in [0.5, 0.6) is 0 Å². The van der Waals surface area contributed by atoms with Gasteiger partial charge in [0.1, 0.15) is 0 Å². The van der Waals surface area contributed by atoms with Gasteiger partial charge in [0.2, 0.25) is 0 Å². The molecule has 0 saturated heterocycles. The van der Waals surface area contributed by atoms with Gasteiger partial charge in [0.25, 0.3) is 0 Å². The van der Waals surface area contributed by atoms with Crippen molar-refractivity contribution in [2.45, 2.75) is 15.2 Å². The summed E-state index contributed by atoms with van der Waals surface area (Å²) in [7, 11) is 0. The summed E-state index contributed by atoms with van der Waals surface area (Å²) < 4.78 is 0. The van der Waals surface area contributed by atoms with Crippen LogP contribution in [0.3, 0.4) is 0 Å². The van der Waals surface area contributed by atoms with E-state index in [4.69, 9.17) is 29.9 Å². The van der Waals surface area contributed by atoms with E-state index in [0.717, 1.165) is 44.5 Å². The molecule has 68 heavy (non-hydrogen) atoms. The molecule has 13 rings (SSSR count). The van der Waals surface area contributed by atoms with Crippen LogP contribution in [0.1, 0.15) is 22.3 Å². The van der Waals surface area contributed by atoms with Crippen LogP contribution < -0.4 is 0 Å². The van der Waals surface area contributed by atoms with E-state index in [0.29, 0.717) is 34.9 Å². The molecule has 0 atom stereocenters. The third-order valence-corrected chi connectivity index (χ3v) is 14.3. The predicted octanol–water partition coefficient (Wildman–Crippen LogP) is 14.6. The maximum absolute atomic E-state index is 5.24. The van der Waals surface area contributed by atoms with Crippen molar-refractivity contribution in [3.63, 3.8) is 0 Å². The lowest BCUT2D eigenvalue weighted by atomic mass is 9.67. The lowest BCUT2D eigenvalue weighted by molar-refractivity contribution is 0.723. The lowest BCUT2D eigenvalue weighted by Crippen LogP contribution is -2.32. The fourth-order valence-electron chi connectivity index (χ4n) is 10.0. The summed E-state index contributed by atoms with van der Waals surface area (Å²) in [4.78, 5) is 33.5. The number of aromatic nitrogens is 6. The van der Waals surface area contributed by atoms with E-state index in [-0.39, 0.29) is 0 Å². The normalized spacial score (nSPS) is 12.8. The van der Waals surface area contributed by atoms with Gasteiger partial charge in [0.05, 0.1) is 5.41 Å². The summed E-state index contributed by atoms with van der Waals surface area (Å²) in [5.41, 5.74) is 14.4. The first-order chi connectivity index (χ1) is 33.7. The number of benzene rings is 9. The Morgan fingerprint density at radius 1 is 0.250 bits per heavy atom. The summed E-state index contributed by atoms with van der Waals surface area (Å²) >= 11 is 1.83. The van der Waals surface area contributed by atoms with Crippen LogP contribution >= 0.6 is 11.8 Å². The van der Waals surface area contributed by atoms with Crippen LogP contribution in [0.4, 0.5) is 0 Å². The highest BCUT2D eigenvalue weighted by atomic mass is 32.2. The quantitative estimate of drug-likeness (QED) is 0.158. The van der Waals surface area contributed by atoms with Gasteiger partial charge in [-0.3, -0.25) is 0 Å². The van der Waals surface area contributed by atoms with E-state index < -0.39 is 5.41 Å². The van der Waals surface area contributed by atoms with Crippen LogP contribution in [0.15, 0.2) is 240 Å². The van der Waals surface area contributed by atoms with Crippen molar-refractivity contribution in [1.29, 1.82) is 0 Å². The Morgan fingerprint density at radius 3 is 1.01 bits per heavy atom. The number of nitrogens with zero attached hydrogens (tertiary/aromatic N) is 6. The van der Waals surface area contributed by atoms with Crippen LogP contribution in [-0.4, -0.2) is 29.9 Å². The zero-order chi connectivity index (χ0) is 45.0. The fraction of sp³-hybridized carbons (Fsp3) is 0.0164. The van der Waals surface area contributed by atoms with Gasteiger partial charge in [0, 0.05) is 43.2 Å². The molecule has 2 aliphatic rings. The molecule has 7 heteroatoms. The molecule has 0 unspecified atom stereocenters. The molecule has 9 aromatic carbocycles. The largest absolute Gasteiger partial charge is 0.208 e. The molecule has 11 aromatic rings. The molecule has 2 aromatic heterocycles. The van der Waals surface area contributed by atoms with E-state index in [1.807, 2.05) is 133 Å². The Balaban J connectivity index is 1.09. The maximum Gasteiger partial charge on any atom is 0.164 e. The van der Waals surface area contributed by atoms with Crippen molar-refractivity contribution in [2.24, 2.45) is 0 Å². The summed E-state index contributed by atoms with van der Waals surface area (Å²) in [6, 6.07) is 80.6. The zero-order valence-corrected chi connectivity index (χ0v) is 37.3. The van der Waals surface area contributed by atoms with Crippen molar-refractivity contribution in [1.82, 2.24) is 29.9 Å². The Kier molecular flexibility index (Phi) is 9.54. The molecular weight excluding hydrogens is 849 g/mol. The van der Waals surface area contributed by atoms with E-state index in [2.05, 4.69) is 109 Å². The van der Waals surface area contributed by atoms with Gasteiger partial charge in [-0.1, -0.05) is 218 Å². The Labute approximate surface area is 398 Å². The van der Waals surface area contributed by atoms with Crippen molar-refractivity contribution in [3.8, 4) is 90.6 Å². The minimum atomic E-state index is -0.534. The molecule has 0 N–H and O–H groups in total. The van der Waals surface area contributed by atoms with E-state index in [9.17, 15) is 0 Å². The van der Waals surface area contributed by atoms with Crippen LogP contribution in [-0.2, 0) is 5.41 Å². The highest BCUT2D eigenvalue weighted by Gasteiger charge is 2.50. The molecule has 0 bridgehead atoms. The molecule has 6 nitrogen and oxygen atoms in total. The highest BCUT2D eigenvalue weighted by molar-refractivity contribution is 7.99. The molecule has 3 heterocycles. The minimum absolute atomic E-state index is 0.534. The van der Waals surface area contributed by atoms with Crippen molar-refractivity contribution >= 4 is 11.8 Å². The maximum atomic E-state index is 5.24. The molecule has 0 fully saturated rings. The van der Waals surface area contributed by atoms with Crippen LogP contribution in [0, 0.1) is 0 Å². The van der Waals surface area contributed by atoms with Gasteiger partial charge >= 0.3 is 0 Å². The number of hydrogen-bond donors (Lipinski definition) is 0. The number of rotatable bonds is 7. The zero-order valence-electron chi connectivity index (χ0n) is 36.5. The molecule has 1 aliphatic heterocycles. The van der Waals surface area contributed by atoms with Crippen LogP contribution in [0.25, 0.3) is 90.6 Å². The standard InChI is InChI=1S/C61H38N6S/c1-5-20-39(21-6-1)55-62-56(40-22-7-2-8-23-40)65-59(64-55)44-36-43(37-45(38-44)60-66-57(41-24-9-3-10-25-41)63-58(67-60)42-26-11-4-12-27-42)46-30-19-34-52-54(46)68-53-35-18-17-33-51(53)61(52)49-31-15-13-28-47(49)48-29-14-16-32-50(48)61/h1-38H. The Bertz CT molecular complexity index is 3410. The van der Waals surface area contributed by atoms with Gasteiger partial charge in [-0.05, 0) is 68.8 Å². The first-order valence-electron chi connectivity index (χ1n) is 22.7. The summed E-state index contributed by atoms with van der Waals surface area (Å²) in [5.74, 6) is 3.43. The van der Waals surface area contributed by atoms with E-state index in [1.54, 1.807) is 0 Å². The minimum Gasteiger partial charge on any atom is -0.208 e. The van der Waals surface area contributed by atoms with Crippen molar-refractivity contribution < 1.29 is 0 Å². The van der Waals surface area contributed by atoms with Gasteiger partial charge in [-0.25, -0.2) is 29.9 Å². The average Bonchev–Trinajstić information content (AvgIpc) is 3.71. The Morgan fingerprint density at radius 2 is 0.574 bits per heavy atom. The molecular formula is C61H38N6S. The second-order valence-corrected chi connectivity index (χ2v) is 18.0. The summed E-state index contributed by atoms with van der Waals surface area (Å²) in [5, 5.41) is 0. The summed E-state index contributed by atoms with van der Waals surface area (Å²) in [6.07, 6.45) is 0. The third-order valence-electron chi connectivity index (χ3n) is 13.0. The average molecular weight is 887 g/mol. The fourth-order valence-corrected chi connectivity index (χ4v) is 11.3. The molecule has 1 spiro atoms. The topological polar surface area (TPSA) is 77.3 Å². The van der Waals surface area contributed by atoms with Crippen molar-refractivity contribution in [3.05, 3.63) is 253 Å². The molecule has 0 saturated carbocycles. The van der Waals surface area contributed by atoms with Crippen molar-refractivity contribution in [2.75, 3.05) is 0 Å². The van der Waals surface area contributed by atoms with E-state index in [1.165, 1.54) is 43.2 Å². The second kappa shape index (κ2) is 16.3. The first kappa shape index (κ1) is 39.7. The third kappa shape index (κ3) is 6.58. The van der Waals surface area contributed by atoms with Gasteiger partial charge in [0.15, 0.2) is 34.9 Å². The van der Waals surface area contributed by atoms with Crippen LogP contribution in [0.2, 0.25) is 0 Å². The Hall–Kier alpha value is -8.65. The number of hydrogen-bond acceptors (Lipinski definition) is 7. The summed E-state index contributed by atoms with van der Waals surface area (Å²) in [6.45, 7) is 0. The smallest absolute Gasteiger partial charge is 0.164 e. The van der Waals surface area contributed by atoms with Gasteiger partial charge < -0.3 is 0 Å². The SMILES string of the molecule is c1ccc(-c2nc(-c3ccccc3)nc(-c3cc(-c4nc(-c5ccccc5)nc(-c5ccccc5)n4)cc(-c4cccc5c4Sc4ccccc4C54c5ccccc5-c5ccccc54)c3)n2)cc1. The van der Waals surface area contributed by atoms with E-state index >= 15 is 0 Å². The van der Waals surface area contributed by atoms with Gasteiger partial charge in [-0.15, -0.1) is 0 Å². The second-order valence-electron chi connectivity index (χ2n) is 17.0. The molecule has 0 radical (unpaired) electrons. The molecule has 0 amide bonds. The number of fused-ring (bicyclic) bond motifs is 9.